The van der Waals surface area contributed by atoms with E-state index in [9.17, 15) is 4.79 Å². The van der Waals surface area contributed by atoms with Gasteiger partial charge in [-0.25, -0.2) is 0 Å². The normalized spacial score (nSPS) is 6.67. The Morgan fingerprint density at radius 3 is 2.67 bits per heavy atom. The van der Waals surface area contributed by atoms with Crippen molar-refractivity contribution in [3.8, 4) is 0 Å². The van der Waals surface area contributed by atoms with Crippen LogP contribution >= 0.6 is 0 Å². The summed E-state index contributed by atoms with van der Waals surface area (Å²) in [5, 5.41) is 2.40. The summed E-state index contributed by atoms with van der Waals surface area (Å²) in [6, 6.07) is 0. The molecule has 0 saturated heterocycles. The first-order chi connectivity index (χ1) is 2.91. The Morgan fingerprint density at radius 1 is 1.83 bits per heavy atom. The van der Waals surface area contributed by atoms with E-state index < -0.39 is 0 Å². The molecule has 0 aromatic carbocycles. The molecular formula is C4H7NO. The van der Waals surface area contributed by atoms with Crippen LogP contribution in [0.2, 0.25) is 0 Å². The fraction of sp³-hybridized carbons (Fsp3) is 0.250. The molecular weight excluding hydrogens is 78.0 g/mol. The fourth-order valence-corrected chi connectivity index (χ4v) is 0.131. The van der Waals surface area contributed by atoms with Crippen LogP contribution in [0.3, 0.4) is 0 Å². The lowest BCUT2D eigenvalue weighted by atomic mass is 10.6. The van der Waals surface area contributed by atoms with Gasteiger partial charge in [0.05, 0.1) is 0 Å². The zero-order chi connectivity index (χ0) is 4.83. The van der Waals surface area contributed by atoms with E-state index >= 15 is 0 Å². The minimum absolute atomic E-state index is 0.559. The van der Waals surface area contributed by atoms with E-state index in [-0.39, 0.29) is 0 Å². The summed E-state index contributed by atoms with van der Waals surface area (Å²) in [5.74, 6) is 0. The second-order valence-corrected chi connectivity index (χ2v) is 0.815. The molecule has 0 aliphatic rings. The molecule has 0 atom stereocenters. The van der Waals surface area contributed by atoms with Crippen LogP contribution < -0.4 is 5.32 Å². The highest BCUT2D eigenvalue weighted by molar-refractivity contribution is 5.46. The van der Waals surface area contributed by atoms with E-state index in [0.29, 0.717) is 13.0 Å². The monoisotopic (exact) mass is 85.1 g/mol. The van der Waals surface area contributed by atoms with Crippen molar-refractivity contribution in [2.45, 2.75) is 0 Å². The lowest BCUT2D eigenvalue weighted by molar-refractivity contribution is -0.109. The Morgan fingerprint density at radius 2 is 2.50 bits per heavy atom. The summed E-state index contributed by atoms with van der Waals surface area (Å²) in [6.45, 7) is 3.94. The van der Waals surface area contributed by atoms with Gasteiger partial charge in [-0.15, -0.1) is 6.58 Å². The molecule has 0 rings (SSSR count). The maximum absolute atomic E-state index is 9.40. The lowest BCUT2D eigenvalue weighted by Crippen LogP contribution is -2.08. The van der Waals surface area contributed by atoms with Crippen LogP contribution in [0, 0.1) is 0 Å². The maximum Gasteiger partial charge on any atom is 0.207 e. The molecule has 0 radical (unpaired) electrons. The van der Waals surface area contributed by atoms with Crippen LogP contribution in [-0.2, 0) is 4.79 Å². The third-order valence-corrected chi connectivity index (χ3v) is 0.346. The molecule has 6 heavy (non-hydrogen) atoms. The summed E-state index contributed by atoms with van der Waals surface area (Å²) in [6.07, 6.45) is 2.26. The summed E-state index contributed by atoms with van der Waals surface area (Å²) in [5.41, 5.74) is 0. The number of hydrogen-bond donors (Lipinski definition) is 1. The van der Waals surface area contributed by atoms with Crippen molar-refractivity contribution in [1.82, 2.24) is 5.32 Å². The number of carbonyl (C=O) groups excluding carboxylic acids is 1. The fourth-order valence-electron chi connectivity index (χ4n) is 0.131. The Labute approximate surface area is 36.9 Å². The van der Waals surface area contributed by atoms with Gasteiger partial charge < -0.3 is 5.32 Å². The number of rotatable bonds is 3. The highest BCUT2D eigenvalue weighted by Gasteiger charge is 1.63. The molecule has 0 aliphatic carbocycles. The molecule has 0 aliphatic heterocycles. The van der Waals surface area contributed by atoms with Crippen molar-refractivity contribution in [3.63, 3.8) is 0 Å². The van der Waals surface area contributed by atoms with Gasteiger partial charge in [-0.05, 0) is 0 Å². The molecule has 0 spiro atoms. The van der Waals surface area contributed by atoms with Gasteiger partial charge in [0.1, 0.15) is 0 Å². The smallest absolute Gasteiger partial charge is 0.207 e. The van der Waals surface area contributed by atoms with Crippen LogP contribution in [0.4, 0.5) is 0 Å². The molecule has 0 saturated carbocycles. The van der Waals surface area contributed by atoms with Crippen molar-refractivity contribution in [3.05, 3.63) is 12.7 Å². The van der Waals surface area contributed by atoms with Gasteiger partial charge in [-0.1, -0.05) is 6.08 Å². The minimum atomic E-state index is 0.559. The van der Waals surface area contributed by atoms with Crippen molar-refractivity contribution < 1.29 is 4.79 Å². The van der Waals surface area contributed by atoms with Crippen molar-refractivity contribution in [2.24, 2.45) is 0 Å². The summed E-state index contributed by atoms with van der Waals surface area (Å²) in [7, 11) is 0. The number of nitrogens with one attached hydrogen (secondary N) is 1. The quantitative estimate of drug-likeness (QED) is 0.290. The molecule has 0 unspecified atom stereocenters. The van der Waals surface area contributed by atoms with E-state index in [1.54, 1.807) is 6.08 Å². The van der Waals surface area contributed by atoms with E-state index in [1.165, 1.54) is 0 Å². The van der Waals surface area contributed by atoms with Crippen LogP contribution in [0.15, 0.2) is 12.7 Å². The maximum atomic E-state index is 9.40. The van der Waals surface area contributed by atoms with Gasteiger partial charge in [0.2, 0.25) is 6.41 Å². The van der Waals surface area contributed by atoms with Crippen molar-refractivity contribution in [2.75, 3.05) is 6.54 Å². The van der Waals surface area contributed by atoms with Gasteiger partial charge >= 0.3 is 0 Å². The van der Waals surface area contributed by atoms with Crippen molar-refractivity contribution in [1.29, 1.82) is 0 Å². The molecule has 0 aromatic heterocycles. The van der Waals surface area contributed by atoms with Crippen LogP contribution in [-0.4, -0.2) is 13.0 Å². The summed E-state index contributed by atoms with van der Waals surface area (Å²) < 4.78 is 0. The van der Waals surface area contributed by atoms with E-state index in [4.69, 9.17) is 0 Å². The molecule has 1 N–H and O–H groups in total. The van der Waals surface area contributed by atoms with E-state index in [0.717, 1.165) is 0 Å². The SMILES string of the molecule is C=CCNC=O. The first kappa shape index (κ1) is 5.21. The second kappa shape index (κ2) is 4.21. The highest BCUT2D eigenvalue weighted by atomic mass is 16.1. The first-order valence-electron chi connectivity index (χ1n) is 1.69. The van der Waals surface area contributed by atoms with Gasteiger partial charge in [-0.3, -0.25) is 4.79 Å². The third kappa shape index (κ3) is 3.21. The highest BCUT2D eigenvalue weighted by Crippen LogP contribution is 1.49. The Balaban J connectivity index is 2.66. The molecule has 34 valence electrons. The molecule has 0 bridgehead atoms. The zero-order valence-electron chi connectivity index (χ0n) is 3.48. The molecule has 2 heteroatoms. The largest absolute Gasteiger partial charge is 0.355 e. The van der Waals surface area contributed by atoms with Gasteiger partial charge in [0.25, 0.3) is 0 Å². The second-order valence-electron chi connectivity index (χ2n) is 0.815. The minimum Gasteiger partial charge on any atom is -0.355 e. The number of hydrogen-bond acceptors (Lipinski definition) is 1. The zero-order valence-corrected chi connectivity index (χ0v) is 3.48. The molecule has 0 heterocycles. The van der Waals surface area contributed by atoms with E-state index in [2.05, 4.69) is 11.9 Å². The Bertz CT molecular complexity index is 43.5. The first-order valence-corrected chi connectivity index (χ1v) is 1.69. The Hall–Kier alpha value is -0.790. The molecule has 2 nitrogen and oxygen atoms in total. The number of amides is 1. The molecule has 0 aromatic rings. The third-order valence-electron chi connectivity index (χ3n) is 0.346. The lowest BCUT2D eigenvalue weighted by Gasteiger charge is -1.81. The molecule has 1 amide bonds. The van der Waals surface area contributed by atoms with Crippen molar-refractivity contribution >= 4 is 6.41 Å². The topological polar surface area (TPSA) is 29.1 Å². The number of carbonyl (C=O) groups is 1. The summed E-state index contributed by atoms with van der Waals surface area (Å²) in [4.78, 5) is 9.40. The average molecular weight is 85.1 g/mol. The van der Waals surface area contributed by atoms with Gasteiger partial charge in [0.15, 0.2) is 0 Å². The standard InChI is InChI=1S/C4H7NO/c1-2-3-5-4-6/h2,4H,1,3H2,(H,5,6). The van der Waals surface area contributed by atoms with Crippen LogP contribution in [0.1, 0.15) is 0 Å². The predicted molar refractivity (Wildman–Crippen MR) is 24.3 cm³/mol. The van der Waals surface area contributed by atoms with Gasteiger partial charge in [0, 0.05) is 6.54 Å². The van der Waals surface area contributed by atoms with Crippen LogP contribution in [0.25, 0.3) is 0 Å². The Kier molecular flexibility index (Phi) is 3.66. The molecule has 0 fully saturated rings. The summed E-state index contributed by atoms with van der Waals surface area (Å²) >= 11 is 0. The van der Waals surface area contributed by atoms with Gasteiger partial charge in [-0.2, -0.15) is 0 Å². The van der Waals surface area contributed by atoms with Crippen LogP contribution in [0.5, 0.6) is 0 Å². The van der Waals surface area contributed by atoms with E-state index in [1.807, 2.05) is 0 Å². The predicted octanol–water partition coefficient (Wildman–Crippen LogP) is -0.0816. The average Bonchev–Trinajstić information content (AvgIpc) is 1.61.